The molecule has 1 aliphatic rings. The molecule has 0 amide bonds. The molecule has 0 aromatic heterocycles. The second kappa shape index (κ2) is 11.4. The number of esters is 1. The predicted molar refractivity (Wildman–Crippen MR) is 106 cm³/mol. The van der Waals surface area contributed by atoms with Crippen molar-refractivity contribution in [1.29, 1.82) is 0 Å². The highest BCUT2D eigenvalue weighted by Crippen LogP contribution is 2.21. The summed E-state index contributed by atoms with van der Waals surface area (Å²) in [5.41, 5.74) is 1.69. The van der Waals surface area contributed by atoms with Gasteiger partial charge in [-0.2, -0.15) is 0 Å². The van der Waals surface area contributed by atoms with Gasteiger partial charge in [0.25, 0.3) is 0 Å². The fourth-order valence-corrected chi connectivity index (χ4v) is 3.08. The van der Waals surface area contributed by atoms with Gasteiger partial charge in [-0.05, 0) is 58.8 Å². The number of carbonyl (C=O) groups excluding carboxylic acids is 2. The molecule has 2 N–H and O–H groups in total. The highest BCUT2D eigenvalue weighted by molar-refractivity contribution is 5.87. The number of ketones is 1. The Morgan fingerprint density at radius 1 is 0.963 bits per heavy atom. The van der Waals surface area contributed by atoms with E-state index in [2.05, 4.69) is 0 Å². The van der Waals surface area contributed by atoms with Gasteiger partial charge >= 0.3 is 5.97 Å². The van der Waals surface area contributed by atoms with Crippen LogP contribution in [0.15, 0.2) is 23.3 Å². The van der Waals surface area contributed by atoms with Crippen LogP contribution in [0.4, 0.5) is 0 Å². The van der Waals surface area contributed by atoms with Gasteiger partial charge in [-0.3, -0.25) is 4.79 Å². The number of aliphatic hydroxyl groups excluding tert-OH is 2. The topological polar surface area (TPSA) is 83.8 Å². The third-order valence-electron chi connectivity index (χ3n) is 5.54. The van der Waals surface area contributed by atoms with Gasteiger partial charge in [0.2, 0.25) is 0 Å². The quantitative estimate of drug-likeness (QED) is 0.494. The van der Waals surface area contributed by atoms with Crippen LogP contribution in [0.25, 0.3) is 0 Å². The normalized spacial score (nSPS) is 37.2. The van der Waals surface area contributed by atoms with E-state index in [0.717, 1.165) is 5.57 Å². The van der Waals surface area contributed by atoms with E-state index in [9.17, 15) is 19.8 Å². The van der Waals surface area contributed by atoms with Crippen molar-refractivity contribution in [2.75, 3.05) is 0 Å². The summed E-state index contributed by atoms with van der Waals surface area (Å²) in [5, 5.41) is 20.7. The van der Waals surface area contributed by atoms with Crippen molar-refractivity contribution in [2.45, 2.75) is 91.5 Å². The Morgan fingerprint density at radius 3 is 2.30 bits per heavy atom. The van der Waals surface area contributed by atoms with Crippen LogP contribution in [0, 0.1) is 11.8 Å². The van der Waals surface area contributed by atoms with E-state index >= 15 is 0 Å². The van der Waals surface area contributed by atoms with Gasteiger partial charge in [0.1, 0.15) is 5.78 Å². The predicted octanol–water partition coefficient (Wildman–Crippen LogP) is 3.73. The first-order valence-corrected chi connectivity index (χ1v) is 10.0. The van der Waals surface area contributed by atoms with E-state index in [0.29, 0.717) is 37.7 Å². The first-order valence-electron chi connectivity index (χ1n) is 10.0. The van der Waals surface area contributed by atoms with E-state index in [1.165, 1.54) is 0 Å². The molecule has 0 bridgehead atoms. The molecule has 1 rings (SSSR count). The van der Waals surface area contributed by atoms with Crippen LogP contribution in [0.3, 0.4) is 0 Å². The summed E-state index contributed by atoms with van der Waals surface area (Å²) in [7, 11) is 0. The van der Waals surface area contributed by atoms with E-state index in [-0.39, 0.29) is 30.2 Å². The molecule has 154 valence electrons. The molecule has 0 aromatic rings. The fourth-order valence-electron chi connectivity index (χ4n) is 3.08. The standard InChI is InChI=1S/C22H36O5/c1-14-7-6-8-16(3)22(26)27-17(4)11-10-15(2)20(24)13-21(25)18(5)19(23)12-9-14/h7-8,15,17-20,23-24H,6,9-13H2,1-5H3/b14-7+,16-8+. The van der Waals surface area contributed by atoms with Crippen LogP contribution in [-0.2, 0) is 14.3 Å². The number of hydrogen-bond donors (Lipinski definition) is 2. The number of allylic oxidation sites excluding steroid dienone is 3. The molecule has 0 aliphatic carbocycles. The summed E-state index contributed by atoms with van der Waals surface area (Å²) >= 11 is 0. The van der Waals surface area contributed by atoms with Crippen molar-refractivity contribution < 1.29 is 24.5 Å². The molecular weight excluding hydrogens is 344 g/mol. The van der Waals surface area contributed by atoms with Gasteiger partial charge in [-0.1, -0.05) is 31.6 Å². The average molecular weight is 381 g/mol. The monoisotopic (exact) mass is 380 g/mol. The largest absolute Gasteiger partial charge is 0.459 e. The lowest BCUT2D eigenvalue weighted by atomic mass is 9.88. The van der Waals surface area contributed by atoms with Crippen molar-refractivity contribution in [1.82, 2.24) is 0 Å². The highest BCUT2D eigenvalue weighted by atomic mass is 16.5. The van der Waals surface area contributed by atoms with Gasteiger partial charge < -0.3 is 14.9 Å². The number of ether oxygens (including phenoxy) is 1. The summed E-state index contributed by atoms with van der Waals surface area (Å²) < 4.78 is 5.46. The molecule has 5 atom stereocenters. The Labute approximate surface area is 163 Å². The minimum absolute atomic E-state index is 0.0459. The van der Waals surface area contributed by atoms with Gasteiger partial charge in [-0.25, -0.2) is 4.79 Å². The summed E-state index contributed by atoms with van der Waals surface area (Å²) in [4.78, 5) is 24.5. The maximum Gasteiger partial charge on any atom is 0.333 e. The van der Waals surface area contributed by atoms with Crippen LogP contribution < -0.4 is 0 Å². The molecule has 5 unspecified atom stereocenters. The lowest BCUT2D eigenvalue weighted by molar-refractivity contribution is -0.143. The van der Waals surface area contributed by atoms with Crippen molar-refractivity contribution in [3.63, 3.8) is 0 Å². The minimum Gasteiger partial charge on any atom is -0.459 e. The first-order chi connectivity index (χ1) is 12.6. The van der Waals surface area contributed by atoms with Crippen LogP contribution in [0.1, 0.15) is 73.1 Å². The Hall–Kier alpha value is -1.46. The second-order valence-corrected chi connectivity index (χ2v) is 8.08. The molecule has 0 saturated carbocycles. The van der Waals surface area contributed by atoms with Gasteiger partial charge in [0.15, 0.2) is 0 Å². The van der Waals surface area contributed by atoms with Crippen molar-refractivity contribution >= 4 is 11.8 Å². The van der Waals surface area contributed by atoms with Crippen molar-refractivity contribution in [3.05, 3.63) is 23.3 Å². The highest BCUT2D eigenvalue weighted by Gasteiger charge is 2.26. The maximum atomic E-state index is 12.4. The zero-order valence-corrected chi connectivity index (χ0v) is 17.4. The second-order valence-electron chi connectivity index (χ2n) is 8.08. The third-order valence-corrected chi connectivity index (χ3v) is 5.54. The zero-order chi connectivity index (χ0) is 20.6. The Morgan fingerprint density at radius 2 is 1.63 bits per heavy atom. The van der Waals surface area contributed by atoms with Crippen LogP contribution >= 0.6 is 0 Å². The van der Waals surface area contributed by atoms with Gasteiger partial charge in [-0.15, -0.1) is 0 Å². The zero-order valence-electron chi connectivity index (χ0n) is 17.4. The Bertz CT molecular complexity index is 563. The molecule has 0 aromatic carbocycles. The number of cyclic esters (lactones) is 1. The Balaban J connectivity index is 2.90. The van der Waals surface area contributed by atoms with Crippen molar-refractivity contribution in [3.8, 4) is 0 Å². The van der Waals surface area contributed by atoms with Crippen LogP contribution in [0.2, 0.25) is 0 Å². The molecule has 27 heavy (non-hydrogen) atoms. The van der Waals surface area contributed by atoms with Gasteiger partial charge in [0, 0.05) is 17.9 Å². The van der Waals surface area contributed by atoms with Crippen LogP contribution in [0.5, 0.6) is 0 Å². The molecule has 0 radical (unpaired) electrons. The summed E-state index contributed by atoms with van der Waals surface area (Å²) in [6.45, 7) is 9.20. The van der Waals surface area contributed by atoms with Crippen molar-refractivity contribution in [2.24, 2.45) is 11.8 Å². The lowest BCUT2D eigenvalue weighted by Gasteiger charge is -2.23. The fraction of sp³-hybridized carbons (Fsp3) is 0.727. The first kappa shape index (κ1) is 23.6. The molecule has 5 heteroatoms. The van der Waals surface area contributed by atoms with Gasteiger partial charge in [0.05, 0.1) is 18.3 Å². The van der Waals surface area contributed by atoms with E-state index in [1.54, 1.807) is 13.8 Å². The Kier molecular flexibility index (Phi) is 9.95. The summed E-state index contributed by atoms with van der Waals surface area (Å²) in [6.07, 6.45) is 5.31. The number of Topliss-reactive ketones (excluding diaryl/α,β-unsaturated/α-hetero) is 1. The summed E-state index contributed by atoms with van der Waals surface area (Å²) in [6, 6.07) is 0. The molecule has 1 heterocycles. The lowest BCUT2D eigenvalue weighted by Crippen LogP contribution is -2.31. The summed E-state index contributed by atoms with van der Waals surface area (Å²) in [5.74, 6) is -0.995. The average Bonchev–Trinajstić information content (AvgIpc) is 2.62. The molecule has 5 nitrogen and oxygen atoms in total. The number of hydrogen-bond acceptors (Lipinski definition) is 5. The minimum atomic E-state index is -0.753. The van der Waals surface area contributed by atoms with Crippen LogP contribution in [-0.4, -0.2) is 40.3 Å². The van der Waals surface area contributed by atoms with E-state index in [4.69, 9.17) is 4.74 Å². The SMILES string of the molecule is C/C1=C\C/C=C(\C)C(=O)OC(C)CCC(C)C(O)CC(=O)C(C)C(O)CC1. The molecule has 1 aliphatic heterocycles. The number of aliphatic hydroxyl groups is 2. The third kappa shape index (κ3) is 8.39. The molecular formula is C22H36O5. The van der Waals surface area contributed by atoms with E-state index in [1.807, 2.05) is 32.9 Å². The smallest absolute Gasteiger partial charge is 0.333 e. The molecule has 0 saturated heterocycles. The maximum absolute atomic E-state index is 12.4. The van der Waals surface area contributed by atoms with E-state index < -0.39 is 18.1 Å². The molecule has 0 fully saturated rings. The number of carbonyl (C=O) groups is 2. The molecule has 0 spiro atoms. The number of rotatable bonds is 0.